The molecule has 0 aromatic heterocycles. The molecular formula is C10H11NO3. The third-order valence-electron chi connectivity index (χ3n) is 2.21. The maximum atomic E-state index is 9.25. The van der Waals surface area contributed by atoms with Gasteiger partial charge in [0.2, 0.25) is 0 Å². The summed E-state index contributed by atoms with van der Waals surface area (Å²) in [6.07, 6.45) is 0.545. The molecule has 0 saturated carbocycles. The minimum atomic E-state index is -0.0322. The third kappa shape index (κ3) is 1.39. The Labute approximate surface area is 81.4 Å². The highest BCUT2D eigenvalue weighted by Crippen LogP contribution is 2.30. The minimum Gasteiger partial charge on any atom is -0.508 e. The first-order chi connectivity index (χ1) is 6.70. The quantitative estimate of drug-likeness (QED) is 0.487. The van der Waals surface area contributed by atoms with Gasteiger partial charge in [0.05, 0.1) is 5.71 Å². The molecule has 4 nitrogen and oxygen atoms in total. The Hall–Kier alpha value is -1.71. The normalized spacial score (nSPS) is 22.9. The van der Waals surface area contributed by atoms with E-state index in [-0.39, 0.29) is 11.9 Å². The Balaban J connectivity index is 2.51. The maximum absolute atomic E-state index is 9.25. The van der Waals surface area contributed by atoms with Crippen LogP contribution in [0.15, 0.2) is 23.4 Å². The van der Waals surface area contributed by atoms with Gasteiger partial charge in [-0.1, -0.05) is 5.16 Å². The fraction of sp³-hybridized carbons (Fsp3) is 0.300. The average Bonchev–Trinajstić information content (AvgIpc) is 2.15. The van der Waals surface area contributed by atoms with E-state index in [9.17, 15) is 5.11 Å². The van der Waals surface area contributed by atoms with Crippen LogP contribution in [0.2, 0.25) is 0 Å². The number of hydrogen-bond acceptors (Lipinski definition) is 4. The predicted octanol–water partition coefficient (Wildman–Crippen LogP) is 1.74. The first-order valence-electron chi connectivity index (χ1n) is 4.41. The Morgan fingerprint density at radius 1 is 1.50 bits per heavy atom. The summed E-state index contributed by atoms with van der Waals surface area (Å²) in [6.45, 7) is 1.89. The zero-order valence-electron chi connectivity index (χ0n) is 7.77. The highest BCUT2D eigenvalue weighted by atomic mass is 16.5. The van der Waals surface area contributed by atoms with Crippen molar-refractivity contribution < 1.29 is 15.1 Å². The molecule has 0 spiro atoms. The first-order valence-corrected chi connectivity index (χ1v) is 4.41. The molecule has 1 unspecified atom stereocenters. The van der Waals surface area contributed by atoms with Gasteiger partial charge in [-0.2, -0.15) is 0 Å². The van der Waals surface area contributed by atoms with E-state index in [0.717, 1.165) is 5.56 Å². The van der Waals surface area contributed by atoms with Crippen LogP contribution >= 0.6 is 0 Å². The molecule has 1 aromatic rings. The molecule has 2 N–H and O–H groups in total. The SMILES string of the molecule is CC1C/C(=N\O)c2ccc(O)cc2O1. The molecular weight excluding hydrogens is 182 g/mol. The zero-order valence-corrected chi connectivity index (χ0v) is 7.77. The Morgan fingerprint density at radius 3 is 3.00 bits per heavy atom. The van der Waals surface area contributed by atoms with Crippen LogP contribution in [0.25, 0.3) is 0 Å². The van der Waals surface area contributed by atoms with Gasteiger partial charge in [0.1, 0.15) is 17.6 Å². The molecule has 0 bridgehead atoms. The summed E-state index contributed by atoms with van der Waals surface area (Å²) >= 11 is 0. The number of aromatic hydroxyl groups is 1. The average molecular weight is 193 g/mol. The molecule has 0 saturated heterocycles. The molecule has 74 valence electrons. The highest BCUT2D eigenvalue weighted by molar-refractivity contribution is 6.03. The number of phenols is 1. The first kappa shape index (κ1) is 8.87. The van der Waals surface area contributed by atoms with Gasteiger partial charge in [0.15, 0.2) is 0 Å². The lowest BCUT2D eigenvalue weighted by atomic mass is 10.0. The van der Waals surface area contributed by atoms with E-state index in [2.05, 4.69) is 5.16 Å². The van der Waals surface area contributed by atoms with Crippen LogP contribution in [0.3, 0.4) is 0 Å². The van der Waals surface area contributed by atoms with E-state index < -0.39 is 0 Å². The molecule has 2 rings (SSSR count). The lowest BCUT2D eigenvalue weighted by Gasteiger charge is -2.23. The minimum absolute atomic E-state index is 0.0322. The Morgan fingerprint density at radius 2 is 2.29 bits per heavy atom. The van der Waals surface area contributed by atoms with Crippen LogP contribution < -0.4 is 4.74 Å². The van der Waals surface area contributed by atoms with Crippen molar-refractivity contribution in [3.8, 4) is 11.5 Å². The molecule has 0 amide bonds. The summed E-state index contributed by atoms with van der Waals surface area (Å²) in [6, 6.07) is 4.76. The van der Waals surface area contributed by atoms with Crippen LogP contribution in [0, 0.1) is 0 Å². The zero-order chi connectivity index (χ0) is 10.1. The maximum Gasteiger partial charge on any atom is 0.132 e. The number of benzene rings is 1. The van der Waals surface area contributed by atoms with Gasteiger partial charge in [-0.15, -0.1) is 0 Å². The summed E-state index contributed by atoms with van der Waals surface area (Å²) in [7, 11) is 0. The van der Waals surface area contributed by atoms with Crippen LogP contribution in [-0.4, -0.2) is 22.1 Å². The summed E-state index contributed by atoms with van der Waals surface area (Å²) < 4.78 is 5.49. The number of nitrogens with zero attached hydrogens (tertiary/aromatic N) is 1. The van der Waals surface area contributed by atoms with E-state index in [1.54, 1.807) is 12.1 Å². The van der Waals surface area contributed by atoms with E-state index in [1.807, 2.05) is 6.92 Å². The lowest BCUT2D eigenvalue weighted by molar-refractivity contribution is 0.217. The number of oxime groups is 1. The van der Waals surface area contributed by atoms with E-state index in [4.69, 9.17) is 9.94 Å². The molecule has 0 fully saturated rings. The molecule has 1 aromatic carbocycles. The second-order valence-corrected chi connectivity index (χ2v) is 3.36. The lowest BCUT2D eigenvalue weighted by Crippen LogP contribution is -2.24. The highest BCUT2D eigenvalue weighted by Gasteiger charge is 2.22. The van der Waals surface area contributed by atoms with Crippen LogP contribution in [0.5, 0.6) is 11.5 Å². The van der Waals surface area contributed by atoms with Crippen molar-refractivity contribution in [3.05, 3.63) is 23.8 Å². The van der Waals surface area contributed by atoms with Gasteiger partial charge < -0.3 is 15.1 Å². The van der Waals surface area contributed by atoms with Crippen molar-refractivity contribution in [2.45, 2.75) is 19.4 Å². The molecule has 0 aliphatic carbocycles. The molecule has 1 aliphatic heterocycles. The molecule has 4 heteroatoms. The Bertz CT molecular complexity index is 387. The van der Waals surface area contributed by atoms with Gasteiger partial charge in [-0.3, -0.25) is 0 Å². The van der Waals surface area contributed by atoms with Gasteiger partial charge in [0, 0.05) is 18.1 Å². The van der Waals surface area contributed by atoms with Crippen LogP contribution in [-0.2, 0) is 0 Å². The van der Waals surface area contributed by atoms with Crippen molar-refractivity contribution in [1.82, 2.24) is 0 Å². The fourth-order valence-corrected chi connectivity index (χ4v) is 1.58. The van der Waals surface area contributed by atoms with Gasteiger partial charge in [-0.25, -0.2) is 0 Å². The summed E-state index contributed by atoms with van der Waals surface area (Å²) in [5.74, 6) is 0.715. The monoisotopic (exact) mass is 193 g/mol. The number of fused-ring (bicyclic) bond motifs is 1. The second kappa shape index (κ2) is 3.21. The smallest absolute Gasteiger partial charge is 0.132 e. The predicted molar refractivity (Wildman–Crippen MR) is 51.1 cm³/mol. The summed E-state index contributed by atoms with van der Waals surface area (Å²) in [5.41, 5.74) is 1.34. The number of ether oxygens (including phenoxy) is 1. The van der Waals surface area contributed by atoms with Crippen LogP contribution in [0.1, 0.15) is 18.9 Å². The molecule has 1 heterocycles. The van der Waals surface area contributed by atoms with Crippen molar-refractivity contribution in [2.75, 3.05) is 0 Å². The van der Waals surface area contributed by atoms with E-state index in [0.29, 0.717) is 17.9 Å². The van der Waals surface area contributed by atoms with Crippen molar-refractivity contribution >= 4 is 5.71 Å². The molecule has 14 heavy (non-hydrogen) atoms. The third-order valence-corrected chi connectivity index (χ3v) is 2.21. The van der Waals surface area contributed by atoms with E-state index in [1.165, 1.54) is 6.07 Å². The number of phenolic OH excluding ortho intramolecular Hbond substituents is 1. The number of hydrogen-bond donors (Lipinski definition) is 2. The van der Waals surface area contributed by atoms with Gasteiger partial charge in [-0.05, 0) is 19.1 Å². The molecule has 1 atom stereocenters. The van der Waals surface area contributed by atoms with Crippen molar-refractivity contribution in [3.63, 3.8) is 0 Å². The Kier molecular flexibility index (Phi) is 2.04. The van der Waals surface area contributed by atoms with Crippen LogP contribution in [0.4, 0.5) is 0 Å². The number of rotatable bonds is 0. The molecule has 0 radical (unpaired) electrons. The van der Waals surface area contributed by atoms with E-state index >= 15 is 0 Å². The molecule has 1 aliphatic rings. The van der Waals surface area contributed by atoms with Crippen molar-refractivity contribution in [2.24, 2.45) is 5.16 Å². The fourth-order valence-electron chi connectivity index (χ4n) is 1.58. The summed E-state index contributed by atoms with van der Waals surface area (Å²) in [5, 5.41) is 21.3. The summed E-state index contributed by atoms with van der Waals surface area (Å²) in [4.78, 5) is 0. The standard InChI is InChI=1S/C10H11NO3/c1-6-4-9(11-13)8-3-2-7(12)5-10(8)14-6/h2-3,5-6,12-13H,4H2,1H3/b11-9+. The van der Waals surface area contributed by atoms with Gasteiger partial charge >= 0.3 is 0 Å². The van der Waals surface area contributed by atoms with Gasteiger partial charge in [0.25, 0.3) is 0 Å². The topological polar surface area (TPSA) is 62.1 Å². The van der Waals surface area contributed by atoms with Crippen molar-refractivity contribution in [1.29, 1.82) is 0 Å². The second-order valence-electron chi connectivity index (χ2n) is 3.36. The largest absolute Gasteiger partial charge is 0.508 e.